The number of para-hydroxylation sites is 1. The van der Waals surface area contributed by atoms with Gasteiger partial charge in [-0.2, -0.15) is 5.26 Å². The number of nitrogens with zero attached hydrogens (tertiary/aromatic N) is 3. The van der Waals surface area contributed by atoms with Crippen LogP contribution in [0.25, 0.3) is 0 Å². The average Bonchev–Trinajstić information content (AvgIpc) is 3.08. The molecule has 5 nitrogen and oxygen atoms in total. The number of carbonyl (C=O) groups excluding carboxylic acids is 1. The topological polar surface area (TPSA) is 66.2 Å². The molecule has 2 aromatic rings. The van der Waals surface area contributed by atoms with Crippen LogP contribution in [0.4, 0.5) is 5.13 Å². The molecular formula is C19H19N3O2S. The summed E-state index contributed by atoms with van der Waals surface area (Å²) in [4.78, 5) is 20.2. The van der Waals surface area contributed by atoms with E-state index in [9.17, 15) is 4.79 Å². The lowest BCUT2D eigenvalue weighted by atomic mass is 10.0. The second-order valence-corrected chi connectivity index (χ2v) is 6.83. The van der Waals surface area contributed by atoms with Crippen LogP contribution in [0, 0.1) is 11.3 Å². The zero-order valence-electron chi connectivity index (χ0n) is 13.9. The van der Waals surface area contributed by atoms with Gasteiger partial charge in [-0.05, 0) is 37.8 Å². The Hall–Kier alpha value is -2.65. The first-order valence-corrected chi connectivity index (χ1v) is 9.06. The molecule has 0 saturated carbocycles. The Morgan fingerprint density at radius 2 is 2.20 bits per heavy atom. The fraction of sp³-hybridized carbons (Fsp3) is 0.316. The molecule has 0 saturated heterocycles. The summed E-state index contributed by atoms with van der Waals surface area (Å²) in [6, 6.07) is 8.95. The first-order valence-electron chi connectivity index (χ1n) is 8.24. The van der Waals surface area contributed by atoms with Gasteiger partial charge in [0.15, 0.2) is 11.7 Å². The van der Waals surface area contributed by atoms with Gasteiger partial charge in [-0.15, -0.1) is 17.9 Å². The molecule has 25 heavy (non-hydrogen) atoms. The lowest BCUT2D eigenvalue weighted by molar-refractivity contribution is -0.120. The third-order valence-corrected chi connectivity index (χ3v) is 5.22. The SMILES string of the molecule is C=CCN(C(=O)COc1ccccc1C#N)c1nc2c(s1)CCCC2. The summed E-state index contributed by atoms with van der Waals surface area (Å²) >= 11 is 1.58. The molecule has 1 aliphatic carbocycles. The van der Waals surface area contributed by atoms with E-state index in [0.717, 1.165) is 25.0 Å². The Kier molecular flexibility index (Phi) is 5.46. The standard InChI is InChI=1S/C19H19N3O2S/c1-2-11-22(19-21-15-8-4-6-10-17(15)25-19)18(23)13-24-16-9-5-3-7-14(16)12-20/h2-3,5,7,9H,1,4,6,8,10-11,13H2. The number of benzene rings is 1. The van der Waals surface area contributed by atoms with Crippen molar-refractivity contribution in [3.05, 3.63) is 53.1 Å². The Balaban J connectivity index is 1.74. The molecule has 1 amide bonds. The Morgan fingerprint density at radius 1 is 1.40 bits per heavy atom. The highest BCUT2D eigenvalue weighted by molar-refractivity contribution is 7.16. The van der Waals surface area contributed by atoms with Gasteiger partial charge in [-0.3, -0.25) is 9.69 Å². The minimum atomic E-state index is -0.196. The normalized spacial score (nSPS) is 12.8. The summed E-state index contributed by atoms with van der Waals surface area (Å²) in [6.45, 7) is 3.98. The second-order valence-electron chi connectivity index (χ2n) is 5.76. The molecule has 0 fully saturated rings. The molecule has 0 bridgehead atoms. The van der Waals surface area contributed by atoms with Crippen molar-refractivity contribution in [1.29, 1.82) is 5.26 Å². The number of ether oxygens (including phenoxy) is 1. The number of hydrogen-bond donors (Lipinski definition) is 0. The number of rotatable bonds is 6. The maximum atomic E-state index is 12.7. The lowest BCUT2D eigenvalue weighted by Crippen LogP contribution is -2.35. The second kappa shape index (κ2) is 7.95. The van der Waals surface area contributed by atoms with Crippen molar-refractivity contribution in [2.75, 3.05) is 18.1 Å². The van der Waals surface area contributed by atoms with E-state index in [4.69, 9.17) is 10.00 Å². The Labute approximate surface area is 151 Å². The van der Waals surface area contributed by atoms with Crippen molar-refractivity contribution in [3.63, 3.8) is 0 Å². The van der Waals surface area contributed by atoms with Crippen LogP contribution >= 0.6 is 11.3 Å². The van der Waals surface area contributed by atoms with E-state index in [0.29, 0.717) is 23.0 Å². The van der Waals surface area contributed by atoms with Gasteiger partial charge in [-0.1, -0.05) is 18.2 Å². The highest BCUT2D eigenvalue weighted by atomic mass is 32.1. The third kappa shape index (κ3) is 3.89. The number of hydrogen-bond acceptors (Lipinski definition) is 5. The summed E-state index contributed by atoms with van der Waals surface area (Å²) < 4.78 is 5.57. The number of aryl methyl sites for hydroxylation is 2. The first-order chi connectivity index (χ1) is 12.2. The van der Waals surface area contributed by atoms with Gasteiger partial charge >= 0.3 is 0 Å². The van der Waals surface area contributed by atoms with Gasteiger partial charge in [-0.25, -0.2) is 4.98 Å². The zero-order valence-corrected chi connectivity index (χ0v) is 14.7. The molecular weight excluding hydrogens is 334 g/mol. The number of anilines is 1. The molecule has 0 aliphatic heterocycles. The van der Waals surface area contributed by atoms with Gasteiger partial charge in [0, 0.05) is 11.4 Å². The van der Waals surface area contributed by atoms with Crippen molar-refractivity contribution in [2.45, 2.75) is 25.7 Å². The van der Waals surface area contributed by atoms with Crippen molar-refractivity contribution in [3.8, 4) is 11.8 Å². The largest absolute Gasteiger partial charge is 0.482 e. The van der Waals surface area contributed by atoms with Gasteiger partial charge < -0.3 is 4.74 Å². The summed E-state index contributed by atoms with van der Waals surface area (Å²) in [6.07, 6.45) is 6.03. The van der Waals surface area contributed by atoms with Gasteiger partial charge in [0.2, 0.25) is 0 Å². The van der Waals surface area contributed by atoms with E-state index in [1.165, 1.54) is 11.3 Å². The fourth-order valence-corrected chi connectivity index (χ4v) is 3.95. The quantitative estimate of drug-likeness (QED) is 0.746. The molecule has 0 unspecified atom stereocenters. The van der Waals surface area contributed by atoms with Crippen molar-refractivity contribution in [2.24, 2.45) is 0 Å². The molecule has 1 aromatic carbocycles. The monoisotopic (exact) mass is 353 g/mol. The van der Waals surface area contributed by atoms with E-state index >= 15 is 0 Å². The molecule has 0 radical (unpaired) electrons. The van der Waals surface area contributed by atoms with E-state index in [1.54, 1.807) is 46.6 Å². The van der Waals surface area contributed by atoms with Crippen molar-refractivity contribution < 1.29 is 9.53 Å². The maximum absolute atomic E-state index is 12.7. The molecule has 1 heterocycles. The summed E-state index contributed by atoms with van der Waals surface area (Å²) in [5, 5.41) is 9.80. The molecule has 128 valence electrons. The first kappa shape index (κ1) is 17.2. The molecule has 1 aliphatic rings. The molecule has 6 heteroatoms. The van der Waals surface area contributed by atoms with Crippen LogP contribution in [-0.2, 0) is 17.6 Å². The number of thiazole rings is 1. The van der Waals surface area contributed by atoms with Crippen LogP contribution in [0.15, 0.2) is 36.9 Å². The van der Waals surface area contributed by atoms with E-state index < -0.39 is 0 Å². The Bertz CT molecular complexity index is 799. The molecule has 1 aromatic heterocycles. The highest BCUT2D eigenvalue weighted by Gasteiger charge is 2.23. The number of aromatic nitrogens is 1. The van der Waals surface area contributed by atoms with E-state index in [2.05, 4.69) is 17.6 Å². The summed E-state index contributed by atoms with van der Waals surface area (Å²) in [5.74, 6) is 0.217. The summed E-state index contributed by atoms with van der Waals surface area (Å²) in [5.41, 5.74) is 1.53. The third-order valence-electron chi connectivity index (χ3n) is 4.04. The zero-order chi connectivity index (χ0) is 17.6. The number of amides is 1. The number of fused-ring (bicyclic) bond motifs is 1. The summed E-state index contributed by atoms with van der Waals surface area (Å²) in [7, 11) is 0. The predicted octanol–water partition coefficient (Wildman–Crippen LogP) is 3.49. The molecule has 3 rings (SSSR count). The fourth-order valence-electron chi connectivity index (χ4n) is 2.77. The smallest absolute Gasteiger partial charge is 0.266 e. The van der Waals surface area contributed by atoms with Crippen molar-refractivity contribution >= 4 is 22.4 Å². The molecule has 0 N–H and O–H groups in total. The molecule has 0 spiro atoms. The Morgan fingerprint density at radius 3 is 2.96 bits per heavy atom. The highest BCUT2D eigenvalue weighted by Crippen LogP contribution is 2.32. The van der Waals surface area contributed by atoms with Gasteiger partial charge in [0.25, 0.3) is 5.91 Å². The van der Waals surface area contributed by atoms with Crippen LogP contribution in [0.2, 0.25) is 0 Å². The maximum Gasteiger partial charge on any atom is 0.266 e. The van der Waals surface area contributed by atoms with E-state index in [1.807, 2.05) is 0 Å². The van der Waals surface area contributed by atoms with Crippen LogP contribution in [0.3, 0.4) is 0 Å². The molecule has 0 atom stereocenters. The van der Waals surface area contributed by atoms with Crippen molar-refractivity contribution in [1.82, 2.24) is 4.98 Å². The van der Waals surface area contributed by atoms with Crippen LogP contribution < -0.4 is 9.64 Å². The van der Waals surface area contributed by atoms with Crippen LogP contribution in [-0.4, -0.2) is 24.0 Å². The van der Waals surface area contributed by atoms with Gasteiger partial charge in [0.1, 0.15) is 11.8 Å². The van der Waals surface area contributed by atoms with Crippen LogP contribution in [0.5, 0.6) is 5.75 Å². The lowest BCUT2D eigenvalue weighted by Gasteiger charge is -2.18. The number of carbonyl (C=O) groups is 1. The average molecular weight is 353 g/mol. The number of nitriles is 1. The minimum absolute atomic E-state index is 0.142. The van der Waals surface area contributed by atoms with Crippen LogP contribution in [0.1, 0.15) is 29.0 Å². The van der Waals surface area contributed by atoms with Gasteiger partial charge in [0.05, 0.1) is 11.3 Å². The minimum Gasteiger partial charge on any atom is -0.482 e. The predicted molar refractivity (Wildman–Crippen MR) is 98.0 cm³/mol. The van der Waals surface area contributed by atoms with E-state index in [-0.39, 0.29) is 12.5 Å².